The molecule has 0 saturated carbocycles. The lowest BCUT2D eigenvalue weighted by Crippen LogP contribution is -2.01. The highest BCUT2D eigenvalue weighted by atomic mass is 35.5. The second-order valence-electron chi connectivity index (χ2n) is 5.45. The molecule has 0 N–H and O–H groups in total. The first-order valence-corrected chi connectivity index (χ1v) is 7.33. The average Bonchev–Trinajstić information content (AvgIpc) is 2.60. The van der Waals surface area contributed by atoms with Gasteiger partial charge in [-0.05, 0) is 33.7 Å². The summed E-state index contributed by atoms with van der Waals surface area (Å²) >= 11 is 0. The molecule has 1 nitrogen and oxygen atoms in total. The molecule has 0 fully saturated rings. The monoisotopic (exact) mass is 318 g/mol. The third-order valence-electron chi connectivity index (χ3n) is 4.02. The number of hydrogen-bond donors (Lipinski definition) is 0. The fourth-order valence-corrected chi connectivity index (χ4v) is 2.83. The van der Waals surface area contributed by atoms with Crippen LogP contribution in [0.15, 0.2) is 84.9 Å². The highest BCUT2D eigenvalue weighted by Crippen LogP contribution is 2.21. The molecular weight excluding hydrogens is 304 g/mol. The Labute approximate surface area is 141 Å². The summed E-state index contributed by atoms with van der Waals surface area (Å²) in [5, 5.41) is 4.48. The minimum absolute atomic E-state index is 0. The molecule has 23 heavy (non-hydrogen) atoms. The number of ketones is 1. The summed E-state index contributed by atoms with van der Waals surface area (Å²) in [4.78, 5) is 12.7. The zero-order valence-corrected chi connectivity index (χ0v) is 13.2. The summed E-state index contributed by atoms with van der Waals surface area (Å²) in [5.41, 5.74) is 1.46. The number of halogens is 1. The molecule has 4 rings (SSSR count). The number of benzene rings is 4. The van der Waals surface area contributed by atoms with Gasteiger partial charge in [-0.25, -0.2) is 0 Å². The predicted molar refractivity (Wildman–Crippen MR) is 98.6 cm³/mol. The second kappa shape index (κ2) is 6.23. The third-order valence-corrected chi connectivity index (χ3v) is 4.02. The van der Waals surface area contributed by atoms with Gasteiger partial charge in [0.25, 0.3) is 0 Å². The average molecular weight is 319 g/mol. The van der Waals surface area contributed by atoms with E-state index in [1.54, 1.807) is 0 Å². The highest BCUT2D eigenvalue weighted by Gasteiger charge is 2.10. The third kappa shape index (κ3) is 2.84. The van der Waals surface area contributed by atoms with Crippen molar-refractivity contribution in [2.75, 3.05) is 0 Å². The normalized spacial score (nSPS) is 10.4. The van der Waals surface area contributed by atoms with E-state index in [1.807, 2.05) is 72.8 Å². The molecule has 0 aliphatic rings. The highest BCUT2D eigenvalue weighted by molar-refractivity contribution is 6.12. The van der Waals surface area contributed by atoms with Crippen molar-refractivity contribution in [2.45, 2.75) is 0 Å². The molecule has 0 unspecified atom stereocenters. The van der Waals surface area contributed by atoms with Crippen LogP contribution in [0, 0.1) is 0 Å². The summed E-state index contributed by atoms with van der Waals surface area (Å²) in [6, 6.07) is 27.9. The molecule has 2 heteroatoms. The fourth-order valence-electron chi connectivity index (χ4n) is 2.83. The van der Waals surface area contributed by atoms with Crippen LogP contribution in [0.4, 0.5) is 0 Å². The Morgan fingerprint density at radius 2 is 0.913 bits per heavy atom. The molecule has 0 saturated heterocycles. The van der Waals surface area contributed by atoms with E-state index < -0.39 is 0 Å². The minimum Gasteiger partial charge on any atom is -0.289 e. The smallest absolute Gasteiger partial charge is 0.193 e. The van der Waals surface area contributed by atoms with Gasteiger partial charge < -0.3 is 0 Å². The van der Waals surface area contributed by atoms with Gasteiger partial charge in [-0.2, -0.15) is 0 Å². The van der Waals surface area contributed by atoms with Crippen LogP contribution in [-0.2, 0) is 0 Å². The van der Waals surface area contributed by atoms with Crippen molar-refractivity contribution in [3.05, 3.63) is 96.1 Å². The van der Waals surface area contributed by atoms with Crippen LogP contribution in [-0.4, -0.2) is 5.78 Å². The van der Waals surface area contributed by atoms with Gasteiger partial charge in [0.2, 0.25) is 0 Å². The molecule has 0 aliphatic heterocycles. The van der Waals surface area contributed by atoms with Crippen molar-refractivity contribution in [1.82, 2.24) is 0 Å². The first kappa shape index (κ1) is 15.3. The molecule has 0 aliphatic carbocycles. The van der Waals surface area contributed by atoms with Crippen molar-refractivity contribution in [3.63, 3.8) is 0 Å². The maximum absolute atomic E-state index is 12.7. The van der Waals surface area contributed by atoms with Crippen LogP contribution in [0.1, 0.15) is 15.9 Å². The summed E-state index contributed by atoms with van der Waals surface area (Å²) in [6.07, 6.45) is 0. The Bertz CT molecular complexity index is 923. The zero-order valence-electron chi connectivity index (χ0n) is 12.4. The van der Waals surface area contributed by atoms with E-state index in [-0.39, 0.29) is 18.2 Å². The molecule has 0 bridgehead atoms. The molecule has 0 radical (unpaired) electrons. The van der Waals surface area contributed by atoms with Crippen molar-refractivity contribution in [2.24, 2.45) is 0 Å². The van der Waals surface area contributed by atoms with Crippen molar-refractivity contribution in [3.8, 4) is 0 Å². The molecule has 4 aromatic carbocycles. The van der Waals surface area contributed by atoms with Gasteiger partial charge in [0, 0.05) is 11.1 Å². The van der Waals surface area contributed by atoms with Gasteiger partial charge >= 0.3 is 0 Å². The van der Waals surface area contributed by atoms with Gasteiger partial charge in [-0.1, -0.05) is 72.8 Å². The van der Waals surface area contributed by atoms with Crippen LogP contribution in [0.25, 0.3) is 21.5 Å². The number of hydrogen-bond acceptors (Lipinski definition) is 1. The second-order valence-corrected chi connectivity index (χ2v) is 5.45. The molecule has 0 amide bonds. The number of fused-ring (bicyclic) bond motifs is 2. The quantitative estimate of drug-likeness (QED) is 0.437. The van der Waals surface area contributed by atoms with Crippen LogP contribution in [0.5, 0.6) is 0 Å². The van der Waals surface area contributed by atoms with Gasteiger partial charge in [0.1, 0.15) is 0 Å². The van der Waals surface area contributed by atoms with Gasteiger partial charge in [-0.15, -0.1) is 12.4 Å². The molecule has 0 aromatic heterocycles. The molecule has 112 valence electrons. The van der Waals surface area contributed by atoms with Crippen molar-refractivity contribution < 1.29 is 4.79 Å². The van der Waals surface area contributed by atoms with E-state index in [4.69, 9.17) is 0 Å². The fraction of sp³-hybridized carbons (Fsp3) is 0. The molecule has 4 aromatic rings. The molecule has 0 spiro atoms. The van der Waals surface area contributed by atoms with Crippen molar-refractivity contribution >= 4 is 39.7 Å². The van der Waals surface area contributed by atoms with E-state index in [0.717, 1.165) is 32.7 Å². The first-order valence-electron chi connectivity index (χ1n) is 7.33. The van der Waals surface area contributed by atoms with Gasteiger partial charge in [-0.3, -0.25) is 4.79 Å². The largest absolute Gasteiger partial charge is 0.289 e. The van der Waals surface area contributed by atoms with E-state index in [2.05, 4.69) is 12.1 Å². The Balaban J connectivity index is 0.00000156. The van der Waals surface area contributed by atoms with Crippen LogP contribution in [0.2, 0.25) is 0 Å². The van der Waals surface area contributed by atoms with E-state index in [0.29, 0.717) is 0 Å². The molecule has 0 heterocycles. The Morgan fingerprint density at radius 1 is 0.522 bits per heavy atom. The van der Waals surface area contributed by atoms with Gasteiger partial charge in [0.05, 0.1) is 0 Å². The summed E-state index contributed by atoms with van der Waals surface area (Å²) in [7, 11) is 0. The molecule has 0 atom stereocenters. The van der Waals surface area contributed by atoms with Crippen molar-refractivity contribution in [1.29, 1.82) is 0 Å². The topological polar surface area (TPSA) is 17.1 Å². The Kier molecular flexibility index (Phi) is 4.14. The van der Waals surface area contributed by atoms with Crippen LogP contribution >= 0.6 is 12.4 Å². The minimum atomic E-state index is 0. The number of carbonyl (C=O) groups excluding carboxylic acids is 1. The molecular formula is C21H15ClO. The first-order chi connectivity index (χ1) is 10.8. The van der Waals surface area contributed by atoms with E-state index in [9.17, 15) is 4.79 Å². The standard InChI is InChI=1S/C21H14O.ClH/c22-21(19-11-9-15-5-1-3-7-17(15)13-19)20-12-10-16-6-2-4-8-18(16)14-20;/h1-14H;1H. The SMILES string of the molecule is Cl.O=C(c1ccc2ccccc2c1)c1ccc2ccccc2c1. The number of rotatable bonds is 2. The summed E-state index contributed by atoms with van der Waals surface area (Å²) < 4.78 is 0. The summed E-state index contributed by atoms with van der Waals surface area (Å²) in [5.74, 6) is 0.0662. The zero-order chi connectivity index (χ0) is 14.9. The lowest BCUT2D eigenvalue weighted by molar-refractivity contribution is 0.103. The predicted octanol–water partition coefficient (Wildman–Crippen LogP) is 5.65. The summed E-state index contributed by atoms with van der Waals surface area (Å²) in [6.45, 7) is 0. The van der Waals surface area contributed by atoms with E-state index in [1.165, 1.54) is 0 Å². The lowest BCUT2D eigenvalue weighted by Gasteiger charge is -2.05. The maximum atomic E-state index is 12.7. The number of carbonyl (C=O) groups is 1. The lowest BCUT2D eigenvalue weighted by atomic mass is 9.98. The van der Waals surface area contributed by atoms with E-state index >= 15 is 0 Å². The van der Waals surface area contributed by atoms with Crippen LogP contribution < -0.4 is 0 Å². The van der Waals surface area contributed by atoms with Crippen LogP contribution in [0.3, 0.4) is 0 Å². The Hall–Kier alpha value is -2.64. The van der Waals surface area contributed by atoms with Gasteiger partial charge in [0.15, 0.2) is 5.78 Å². The Morgan fingerprint density at radius 3 is 1.35 bits per heavy atom. The maximum Gasteiger partial charge on any atom is 0.193 e.